The predicted octanol–water partition coefficient (Wildman–Crippen LogP) is 4.00. The molecule has 1 N–H and O–H groups in total. The molecule has 0 saturated carbocycles. The number of anilines is 3. The van der Waals surface area contributed by atoms with Crippen LogP contribution in [0.25, 0.3) is 0 Å². The van der Waals surface area contributed by atoms with Crippen LogP contribution in [0.15, 0.2) is 36.5 Å². The molecule has 3 rings (SSSR count). The second-order valence-corrected chi connectivity index (χ2v) is 6.08. The van der Waals surface area contributed by atoms with E-state index in [1.807, 2.05) is 50.4 Å². The monoisotopic (exact) mass is 312 g/mol. The van der Waals surface area contributed by atoms with Crippen LogP contribution in [-0.2, 0) is 0 Å². The average Bonchev–Trinajstić information content (AvgIpc) is 2.57. The Hall–Kier alpha value is -2.30. The highest BCUT2D eigenvalue weighted by atomic mass is 16.5. The van der Waals surface area contributed by atoms with Crippen LogP contribution in [0.3, 0.4) is 0 Å². The van der Waals surface area contributed by atoms with E-state index in [2.05, 4.69) is 20.2 Å². The van der Waals surface area contributed by atoms with Gasteiger partial charge in [-0.3, -0.25) is 0 Å². The minimum Gasteiger partial charge on any atom is -0.489 e. The Balaban J connectivity index is 1.78. The number of benzene rings is 1. The molecule has 2 heterocycles. The third-order valence-corrected chi connectivity index (χ3v) is 3.79. The molecule has 1 saturated heterocycles. The molecule has 0 unspecified atom stereocenters. The van der Waals surface area contributed by atoms with E-state index < -0.39 is 0 Å². The second-order valence-electron chi connectivity index (χ2n) is 6.08. The Morgan fingerprint density at radius 1 is 1.09 bits per heavy atom. The van der Waals surface area contributed by atoms with E-state index in [9.17, 15) is 0 Å². The van der Waals surface area contributed by atoms with Crippen LogP contribution in [0.5, 0.6) is 5.75 Å². The minimum absolute atomic E-state index is 0.132. The van der Waals surface area contributed by atoms with Crippen molar-refractivity contribution in [2.45, 2.75) is 39.2 Å². The Labute approximate surface area is 137 Å². The fourth-order valence-corrected chi connectivity index (χ4v) is 2.73. The predicted molar refractivity (Wildman–Crippen MR) is 93.6 cm³/mol. The van der Waals surface area contributed by atoms with E-state index in [0.29, 0.717) is 0 Å². The molecule has 0 bridgehead atoms. The minimum atomic E-state index is 0.132. The molecule has 0 aliphatic carbocycles. The smallest absolute Gasteiger partial charge is 0.227 e. The number of ether oxygens (including phenoxy) is 1. The zero-order valence-corrected chi connectivity index (χ0v) is 13.8. The summed E-state index contributed by atoms with van der Waals surface area (Å²) in [6, 6.07) is 9.82. The van der Waals surface area contributed by atoms with Crippen LogP contribution in [0, 0.1) is 0 Å². The van der Waals surface area contributed by atoms with Gasteiger partial charge in [0.25, 0.3) is 0 Å². The quantitative estimate of drug-likeness (QED) is 0.904. The number of hydrogen-bond donors (Lipinski definition) is 1. The highest BCUT2D eigenvalue weighted by molar-refractivity contribution is 5.64. The van der Waals surface area contributed by atoms with Gasteiger partial charge >= 0.3 is 0 Å². The summed E-state index contributed by atoms with van der Waals surface area (Å²) < 4.78 is 5.85. The van der Waals surface area contributed by atoms with Crippen molar-refractivity contribution in [1.82, 2.24) is 9.97 Å². The maximum absolute atomic E-state index is 5.85. The van der Waals surface area contributed by atoms with Gasteiger partial charge in [-0.15, -0.1) is 0 Å². The first-order chi connectivity index (χ1) is 11.2. The van der Waals surface area contributed by atoms with Crippen LogP contribution in [0.4, 0.5) is 17.5 Å². The zero-order chi connectivity index (χ0) is 16.1. The summed E-state index contributed by atoms with van der Waals surface area (Å²) in [5.41, 5.74) is 0.921. The van der Waals surface area contributed by atoms with Gasteiger partial charge in [-0.05, 0) is 51.3 Å². The number of aromatic nitrogens is 2. The molecule has 2 aromatic rings. The summed E-state index contributed by atoms with van der Waals surface area (Å²) in [6.45, 7) is 6.12. The van der Waals surface area contributed by atoms with E-state index in [1.54, 1.807) is 0 Å². The number of nitrogens with one attached hydrogen (secondary N) is 1. The van der Waals surface area contributed by atoms with Gasteiger partial charge in [0.2, 0.25) is 5.95 Å². The summed E-state index contributed by atoms with van der Waals surface area (Å²) >= 11 is 0. The first kappa shape index (κ1) is 15.6. The lowest BCUT2D eigenvalue weighted by Crippen LogP contribution is -2.31. The molecule has 122 valence electrons. The van der Waals surface area contributed by atoms with Gasteiger partial charge in [0, 0.05) is 19.3 Å². The van der Waals surface area contributed by atoms with E-state index in [0.717, 1.165) is 36.3 Å². The van der Waals surface area contributed by atoms with Gasteiger partial charge in [0.1, 0.15) is 11.6 Å². The Kier molecular flexibility index (Phi) is 4.95. The molecular formula is C18H24N4O. The molecule has 1 aliphatic heterocycles. The molecule has 1 aromatic carbocycles. The lowest BCUT2D eigenvalue weighted by atomic mass is 10.1. The first-order valence-corrected chi connectivity index (χ1v) is 8.33. The zero-order valence-electron chi connectivity index (χ0n) is 13.8. The van der Waals surface area contributed by atoms with Crippen molar-refractivity contribution < 1.29 is 4.74 Å². The maximum atomic E-state index is 5.85. The highest BCUT2D eigenvalue weighted by Gasteiger charge is 2.14. The molecular weight excluding hydrogens is 288 g/mol. The van der Waals surface area contributed by atoms with Crippen molar-refractivity contribution in [3.05, 3.63) is 36.5 Å². The van der Waals surface area contributed by atoms with Crippen molar-refractivity contribution in [3.8, 4) is 5.75 Å². The highest BCUT2D eigenvalue weighted by Crippen LogP contribution is 2.28. The van der Waals surface area contributed by atoms with Crippen molar-refractivity contribution in [1.29, 1.82) is 0 Å². The molecule has 5 heteroatoms. The number of hydrogen-bond acceptors (Lipinski definition) is 5. The Morgan fingerprint density at radius 3 is 2.65 bits per heavy atom. The van der Waals surface area contributed by atoms with Crippen LogP contribution in [0.2, 0.25) is 0 Å². The molecule has 23 heavy (non-hydrogen) atoms. The van der Waals surface area contributed by atoms with Gasteiger partial charge in [-0.1, -0.05) is 12.1 Å². The molecule has 0 spiro atoms. The lowest BCUT2D eigenvalue weighted by molar-refractivity contribution is 0.244. The van der Waals surface area contributed by atoms with Crippen LogP contribution in [0.1, 0.15) is 33.1 Å². The molecule has 1 fully saturated rings. The molecule has 1 aromatic heterocycles. The molecule has 0 atom stereocenters. The van der Waals surface area contributed by atoms with Gasteiger partial charge in [-0.25, -0.2) is 4.98 Å². The Bertz CT molecular complexity index is 638. The normalized spacial score (nSPS) is 14.8. The van der Waals surface area contributed by atoms with Crippen LogP contribution in [-0.4, -0.2) is 29.2 Å². The maximum Gasteiger partial charge on any atom is 0.227 e. The van der Waals surface area contributed by atoms with E-state index in [1.165, 1.54) is 19.3 Å². The van der Waals surface area contributed by atoms with Crippen LogP contribution >= 0.6 is 0 Å². The third-order valence-electron chi connectivity index (χ3n) is 3.79. The molecule has 1 aliphatic rings. The van der Waals surface area contributed by atoms with E-state index in [4.69, 9.17) is 4.74 Å². The second kappa shape index (κ2) is 7.31. The summed E-state index contributed by atoms with van der Waals surface area (Å²) in [7, 11) is 0. The molecule has 5 nitrogen and oxygen atoms in total. The van der Waals surface area contributed by atoms with Crippen molar-refractivity contribution in [2.75, 3.05) is 23.3 Å². The molecule has 0 amide bonds. The SMILES string of the molecule is CC(C)Oc1ccccc1Nc1ccnc(N2CCCCC2)n1. The van der Waals surface area contributed by atoms with Crippen molar-refractivity contribution in [3.63, 3.8) is 0 Å². The standard InChI is InChI=1S/C18H24N4O/c1-14(2)23-16-9-5-4-8-15(16)20-17-10-11-19-18(21-17)22-12-6-3-7-13-22/h4-5,8-11,14H,3,6-7,12-13H2,1-2H3,(H,19,20,21). The summed E-state index contributed by atoms with van der Waals surface area (Å²) in [5.74, 6) is 2.43. The topological polar surface area (TPSA) is 50.3 Å². The number of para-hydroxylation sites is 2. The Morgan fingerprint density at radius 2 is 1.87 bits per heavy atom. The van der Waals surface area contributed by atoms with Gasteiger partial charge in [0.15, 0.2) is 0 Å². The average molecular weight is 312 g/mol. The van der Waals surface area contributed by atoms with Gasteiger partial charge in [-0.2, -0.15) is 4.98 Å². The van der Waals surface area contributed by atoms with Crippen molar-refractivity contribution in [2.24, 2.45) is 0 Å². The first-order valence-electron chi connectivity index (χ1n) is 8.33. The number of rotatable bonds is 5. The number of nitrogens with zero attached hydrogens (tertiary/aromatic N) is 3. The fourth-order valence-electron chi connectivity index (χ4n) is 2.73. The van der Waals surface area contributed by atoms with Crippen LogP contribution < -0.4 is 15.0 Å². The summed E-state index contributed by atoms with van der Waals surface area (Å²) in [4.78, 5) is 11.3. The van der Waals surface area contributed by atoms with E-state index in [-0.39, 0.29) is 6.10 Å². The largest absolute Gasteiger partial charge is 0.489 e. The summed E-state index contributed by atoms with van der Waals surface area (Å²) in [6.07, 6.45) is 5.67. The fraction of sp³-hybridized carbons (Fsp3) is 0.444. The lowest BCUT2D eigenvalue weighted by Gasteiger charge is -2.26. The third kappa shape index (κ3) is 4.12. The van der Waals surface area contributed by atoms with E-state index >= 15 is 0 Å². The summed E-state index contributed by atoms with van der Waals surface area (Å²) in [5, 5.41) is 3.35. The molecule has 0 radical (unpaired) electrons. The van der Waals surface area contributed by atoms with Crippen molar-refractivity contribution >= 4 is 17.5 Å². The number of piperidine rings is 1. The van der Waals surface area contributed by atoms with Gasteiger partial charge < -0.3 is 15.0 Å². The van der Waals surface area contributed by atoms with Gasteiger partial charge in [0.05, 0.1) is 11.8 Å².